The highest BCUT2D eigenvalue weighted by Gasteiger charge is 2.33. The first-order chi connectivity index (χ1) is 11.1. The van der Waals surface area contributed by atoms with Gasteiger partial charge in [0.1, 0.15) is 18.4 Å². The molecule has 0 aromatic heterocycles. The maximum Gasteiger partial charge on any atom is 0.277 e. The van der Waals surface area contributed by atoms with E-state index in [4.69, 9.17) is 4.74 Å². The Morgan fingerprint density at radius 3 is 2.48 bits per heavy atom. The fourth-order valence-electron chi connectivity index (χ4n) is 3.39. The molecule has 5 nitrogen and oxygen atoms in total. The number of benzene rings is 1. The minimum Gasteiger partial charge on any atom is -0.497 e. The van der Waals surface area contributed by atoms with E-state index in [2.05, 4.69) is 0 Å². The van der Waals surface area contributed by atoms with Gasteiger partial charge in [-0.1, -0.05) is 12.1 Å². The first-order valence-electron chi connectivity index (χ1n) is 8.52. The summed E-state index contributed by atoms with van der Waals surface area (Å²) in [4.78, 5) is 15.2. The predicted octanol–water partition coefficient (Wildman–Crippen LogP) is 0.297. The van der Waals surface area contributed by atoms with Gasteiger partial charge in [0.2, 0.25) is 0 Å². The van der Waals surface area contributed by atoms with Crippen molar-refractivity contribution in [2.24, 2.45) is 0 Å². The second-order valence-corrected chi connectivity index (χ2v) is 6.18. The minimum atomic E-state index is -0.406. The predicted molar refractivity (Wildman–Crippen MR) is 89.9 cm³/mol. The third kappa shape index (κ3) is 4.45. The number of amides is 1. The van der Waals surface area contributed by atoms with Gasteiger partial charge in [-0.05, 0) is 31.5 Å². The van der Waals surface area contributed by atoms with Gasteiger partial charge in [-0.2, -0.15) is 0 Å². The van der Waals surface area contributed by atoms with Crippen LogP contribution in [-0.4, -0.2) is 61.9 Å². The van der Waals surface area contributed by atoms with Crippen molar-refractivity contribution in [3.8, 4) is 5.75 Å². The average molecular weight is 321 g/mol. The fourth-order valence-corrected chi connectivity index (χ4v) is 3.39. The smallest absolute Gasteiger partial charge is 0.277 e. The molecule has 128 valence electrons. The molecule has 5 heteroatoms. The molecule has 1 fully saturated rings. The normalized spacial score (nSPS) is 24.3. The van der Waals surface area contributed by atoms with Crippen molar-refractivity contribution in [1.82, 2.24) is 4.90 Å². The number of ether oxygens (including phenoxy) is 1. The van der Waals surface area contributed by atoms with Gasteiger partial charge in [0.05, 0.1) is 13.7 Å². The molecule has 0 saturated carbocycles. The van der Waals surface area contributed by atoms with Crippen LogP contribution in [0.1, 0.15) is 31.7 Å². The molecule has 1 aromatic carbocycles. The summed E-state index contributed by atoms with van der Waals surface area (Å²) >= 11 is 0. The number of carbonyl (C=O) groups excluding carboxylic acids is 1. The summed E-state index contributed by atoms with van der Waals surface area (Å²) in [6.07, 6.45) is 0.491. The van der Waals surface area contributed by atoms with Gasteiger partial charge in [0.15, 0.2) is 6.54 Å². The summed E-state index contributed by atoms with van der Waals surface area (Å²) in [5.41, 5.74) is 1.15. The van der Waals surface area contributed by atoms with E-state index < -0.39 is 6.10 Å². The number of rotatable bonds is 6. The first kappa shape index (κ1) is 17.8. The number of carbonyl (C=O) groups is 1. The molecule has 1 aromatic rings. The van der Waals surface area contributed by atoms with E-state index in [0.717, 1.165) is 37.4 Å². The summed E-state index contributed by atoms with van der Waals surface area (Å²) < 4.78 is 5.18. The number of methoxy groups -OCH3 is 1. The minimum absolute atomic E-state index is 0.146. The standard InChI is InChI=1S/C18H28N2O3/c1-4-20(5-2)18(22)13-19-11-10-16(17(21)12-19)14-6-8-15(23-3)9-7-14/h6-9,16-17,21H,4-5,10-13H2,1-3H3/p+1/t16-,17+/m0/s1. The Bertz CT molecular complexity index is 499. The summed E-state index contributed by atoms with van der Waals surface area (Å²) in [6.45, 7) is 7.53. The first-order valence-corrected chi connectivity index (χ1v) is 8.52. The lowest BCUT2D eigenvalue weighted by atomic mass is 9.87. The molecule has 0 aliphatic carbocycles. The fraction of sp³-hybridized carbons (Fsp3) is 0.611. The van der Waals surface area contributed by atoms with Crippen molar-refractivity contribution in [2.75, 3.05) is 39.8 Å². The van der Waals surface area contributed by atoms with Crippen LogP contribution in [-0.2, 0) is 4.79 Å². The van der Waals surface area contributed by atoms with Gasteiger partial charge in [-0.15, -0.1) is 0 Å². The van der Waals surface area contributed by atoms with Gasteiger partial charge < -0.3 is 19.6 Å². The van der Waals surface area contributed by atoms with E-state index in [-0.39, 0.29) is 11.8 Å². The average Bonchev–Trinajstić information content (AvgIpc) is 2.56. The molecular formula is C18H29N2O3+. The Morgan fingerprint density at radius 1 is 1.30 bits per heavy atom. The van der Waals surface area contributed by atoms with Crippen LogP contribution >= 0.6 is 0 Å². The van der Waals surface area contributed by atoms with Crippen LogP contribution in [0.15, 0.2) is 24.3 Å². The number of likely N-dealkylation sites (tertiary alicyclic amines) is 1. The summed E-state index contributed by atoms with van der Waals surface area (Å²) in [5, 5.41) is 10.5. The van der Waals surface area contributed by atoms with E-state index in [9.17, 15) is 9.90 Å². The van der Waals surface area contributed by atoms with Crippen LogP contribution in [0.3, 0.4) is 0 Å². The van der Waals surface area contributed by atoms with Crippen LogP contribution in [0, 0.1) is 0 Å². The molecule has 2 rings (SSSR count). The second kappa shape index (κ2) is 8.31. The maximum absolute atomic E-state index is 12.2. The molecule has 1 amide bonds. The van der Waals surface area contributed by atoms with Gasteiger partial charge in [0, 0.05) is 25.4 Å². The lowest BCUT2D eigenvalue weighted by Gasteiger charge is -2.34. The Hall–Kier alpha value is -1.59. The van der Waals surface area contributed by atoms with Gasteiger partial charge in [-0.25, -0.2) is 0 Å². The Balaban J connectivity index is 1.92. The van der Waals surface area contributed by atoms with E-state index in [0.29, 0.717) is 13.1 Å². The van der Waals surface area contributed by atoms with Crippen LogP contribution in [0.5, 0.6) is 5.75 Å². The second-order valence-electron chi connectivity index (χ2n) is 6.18. The van der Waals surface area contributed by atoms with Crippen molar-refractivity contribution >= 4 is 5.91 Å². The summed E-state index contributed by atoms with van der Waals surface area (Å²) in [6, 6.07) is 7.92. The van der Waals surface area contributed by atoms with E-state index >= 15 is 0 Å². The number of aliphatic hydroxyl groups is 1. The number of nitrogens with one attached hydrogen (secondary N) is 1. The molecule has 0 spiro atoms. The number of aliphatic hydroxyl groups excluding tert-OH is 1. The molecular weight excluding hydrogens is 292 g/mol. The third-order valence-corrected chi connectivity index (χ3v) is 4.83. The zero-order valence-corrected chi connectivity index (χ0v) is 14.4. The number of hydrogen-bond donors (Lipinski definition) is 2. The summed E-state index contributed by atoms with van der Waals surface area (Å²) in [7, 11) is 1.65. The van der Waals surface area contributed by atoms with Crippen LogP contribution in [0.25, 0.3) is 0 Å². The summed E-state index contributed by atoms with van der Waals surface area (Å²) in [5.74, 6) is 1.16. The number of hydrogen-bond acceptors (Lipinski definition) is 3. The molecule has 0 bridgehead atoms. The highest BCUT2D eigenvalue weighted by atomic mass is 16.5. The van der Waals surface area contributed by atoms with Crippen molar-refractivity contribution in [1.29, 1.82) is 0 Å². The third-order valence-electron chi connectivity index (χ3n) is 4.83. The lowest BCUT2D eigenvalue weighted by molar-refractivity contribution is -0.901. The molecule has 2 N–H and O–H groups in total. The Kier molecular flexibility index (Phi) is 6.42. The van der Waals surface area contributed by atoms with Crippen molar-refractivity contribution in [3.63, 3.8) is 0 Å². The molecule has 1 aliphatic heterocycles. The van der Waals surface area contributed by atoms with E-state index in [1.807, 2.05) is 43.0 Å². The maximum atomic E-state index is 12.2. The quantitative estimate of drug-likeness (QED) is 0.792. The Morgan fingerprint density at radius 2 is 1.96 bits per heavy atom. The molecule has 1 saturated heterocycles. The van der Waals surface area contributed by atoms with Crippen molar-refractivity contribution in [2.45, 2.75) is 32.3 Å². The molecule has 1 unspecified atom stereocenters. The van der Waals surface area contributed by atoms with Crippen LogP contribution < -0.4 is 9.64 Å². The Labute approximate surface area is 138 Å². The van der Waals surface area contributed by atoms with Gasteiger partial charge in [-0.3, -0.25) is 4.79 Å². The lowest BCUT2D eigenvalue weighted by Crippen LogP contribution is -3.15. The van der Waals surface area contributed by atoms with Crippen molar-refractivity contribution < 1.29 is 19.5 Å². The largest absolute Gasteiger partial charge is 0.497 e. The zero-order valence-electron chi connectivity index (χ0n) is 14.4. The SMILES string of the molecule is CCN(CC)C(=O)C[NH+]1CC[C@@H](c2ccc(OC)cc2)[C@H](O)C1. The topological polar surface area (TPSA) is 54.2 Å². The number of nitrogens with zero attached hydrogens (tertiary/aromatic N) is 1. The number of quaternary nitrogens is 1. The highest BCUT2D eigenvalue weighted by molar-refractivity contribution is 5.77. The van der Waals surface area contributed by atoms with Crippen LogP contribution in [0.4, 0.5) is 0 Å². The van der Waals surface area contributed by atoms with Crippen molar-refractivity contribution in [3.05, 3.63) is 29.8 Å². The molecule has 0 radical (unpaired) electrons. The van der Waals surface area contributed by atoms with Crippen LogP contribution in [0.2, 0.25) is 0 Å². The van der Waals surface area contributed by atoms with Gasteiger partial charge in [0.25, 0.3) is 5.91 Å². The molecule has 3 atom stereocenters. The molecule has 1 heterocycles. The monoisotopic (exact) mass is 321 g/mol. The molecule has 23 heavy (non-hydrogen) atoms. The highest BCUT2D eigenvalue weighted by Crippen LogP contribution is 2.26. The van der Waals surface area contributed by atoms with E-state index in [1.54, 1.807) is 7.11 Å². The zero-order chi connectivity index (χ0) is 16.8. The number of piperidine rings is 1. The van der Waals surface area contributed by atoms with Gasteiger partial charge >= 0.3 is 0 Å². The molecule has 1 aliphatic rings. The van der Waals surface area contributed by atoms with E-state index in [1.165, 1.54) is 4.90 Å². The number of likely N-dealkylation sites (N-methyl/N-ethyl adjacent to an activating group) is 1.